The van der Waals surface area contributed by atoms with Gasteiger partial charge in [0.15, 0.2) is 5.78 Å². The first kappa shape index (κ1) is 11.1. The van der Waals surface area contributed by atoms with E-state index in [1.54, 1.807) is 30.3 Å². The van der Waals surface area contributed by atoms with Crippen LogP contribution < -0.4 is 0 Å². The van der Waals surface area contributed by atoms with E-state index in [9.17, 15) is 4.79 Å². The molecule has 0 aliphatic rings. The minimum absolute atomic E-state index is 0.00686. The van der Waals surface area contributed by atoms with Gasteiger partial charge in [-0.25, -0.2) is 0 Å². The molecule has 17 heavy (non-hydrogen) atoms. The molecule has 2 nitrogen and oxygen atoms in total. The molecule has 0 spiro atoms. The highest BCUT2D eigenvalue weighted by atomic mass is 16.1. The van der Waals surface area contributed by atoms with Crippen molar-refractivity contribution in [3.05, 3.63) is 70.8 Å². The van der Waals surface area contributed by atoms with Crippen LogP contribution in [0.3, 0.4) is 0 Å². The van der Waals surface area contributed by atoms with Crippen molar-refractivity contribution in [2.75, 3.05) is 0 Å². The average molecular weight is 221 g/mol. The smallest absolute Gasteiger partial charge is 0.193 e. The van der Waals surface area contributed by atoms with Crippen LogP contribution >= 0.6 is 0 Å². The van der Waals surface area contributed by atoms with Crippen molar-refractivity contribution in [1.82, 2.24) is 0 Å². The number of rotatable bonds is 2. The van der Waals surface area contributed by atoms with Gasteiger partial charge in [-0.3, -0.25) is 4.79 Å². The number of nitrogens with zero attached hydrogens (tertiary/aromatic N) is 1. The lowest BCUT2D eigenvalue weighted by Gasteiger charge is -2.05. The molecule has 82 valence electrons. The molecule has 0 amide bonds. The Kier molecular flexibility index (Phi) is 3.02. The number of hydrogen-bond donors (Lipinski definition) is 0. The van der Waals surface area contributed by atoms with Gasteiger partial charge in [0, 0.05) is 11.1 Å². The Morgan fingerprint density at radius 3 is 2.41 bits per heavy atom. The molecule has 0 radical (unpaired) electrons. The fourth-order valence-electron chi connectivity index (χ4n) is 1.73. The number of carbonyl (C=O) groups is 1. The topological polar surface area (TPSA) is 40.9 Å². The third-order valence-electron chi connectivity index (χ3n) is 2.64. The standard InChI is InChI=1S/C15H11NO/c1-11-9-12(10-16)7-8-14(11)15(17)13-5-3-2-4-6-13/h2-9H,1H3. The van der Waals surface area contributed by atoms with Crippen molar-refractivity contribution < 1.29 is 4.79 Å². The Morgan fingerprint density at radius 2 is 1.82 bits per heavy atom. The minimum atomic E-state index is -0.00686. The third kappa shape index (κ3) is 2.24. The summed E-state index contributed by atoms with van der Waals surface area (Å²) in [5.41, 5.74) is 2.72. The third-order valence-corrected chi connectivity index (χ3v) is 2.64. The predicted molar refractivity (Wildman–Crippen MR) is 65.8 cm³/mol. The molecule has 0 atom stereocenters. The van der Waals surface area contributed by atoms with Crippen LogP contribution in [0.2, 0.25) is 0 Å². The second-order valence-electron chi connectivity index (χ2n) is 3.84. The SMILES string of the molecule is Cc1cc(C#N)ccc1C(=O)c1ccccc1. The van der Waals surface area contributed by atoms with Gasteiger partial charge in [-0.2, -0.15) is 5.26 Å². The monoisotopic (exact) mass is 221 g/mol. The first-order valence-corrected chi connectivity index (χ1v) is 5.33. The summed E-state index contributed by atoms with van der Waals surface area (Å²) in [4.78, 5) is 12.2. The molecule has 2 rings (SSSR count). The largest absolute Gasteiger partial charge is 0.289 e. The first-order chi connectivity index (χ1) is 8.22. The van der Waals surface area contributed by atoms with Crippen LogP contribution in [0.1, 0.15) is 27.0 Å². The molecule has 0 aromatic heterocycles. The summed E-state index contributed by atoms with van der Waals surface area (Å²) in [5.74, 6) is -0.00686. The summed E-state index contributed by atoms with van der Waals surface area (Å²) in [6.45, 7) is 1.84. The van der Waals surface area contributed by atoms with E-state index in [1.165, 1.54) is 0 Å². The number of benzene rings is 2. The molecule has 0 N–H and O–H groups in total. The molecule has 0 heterocycles. The van der Waals surface area contributed by atoms with Crippen LogP contribution in [0.4, 0.5) is 0 Å². The molecule has 2 aromatic rings. The van der Waals surface area contributed by atoms with Crippen molar-refractivity contribution in [2.45, 2.75) is 6.92 Å². The molecule has 0 bridgehead atoms. The lowest BCUT2D eigenvalue weighted by atomic mass is 9.98. The average Bonchev–Trinajstić information content (AvgIpc) is 2.39. The van der Waals surface area contributed by atoms with Crippen molar-refractivity contribution in [1.29, 1.82) is 5.26 Å². The number of hydrogen-bond acceptors (Lipinski definition) is 2. The molecule has 0 aliphatic heterocycles. The van der Waals surface area contributed by atoms with E-state index in [-0.39, 0.29) is 5.78 Å². The van der Waals surface area contributed by atoms with Crippen LogP contribution in [-0.4, -0.2) is 5.78 Å². The summed E-state index contributed by atoms with van der Waals surface area (Å²) < 4.78 is 0. The van der Waals surface area contributed by atoms with Crippen LogP contribution in [0.25, 0.3) is 0 Å². The fraction of sp³-hybridized carbons (Fsp3) is 0.0667. The van der Waals surface area contributed by atoms with E-state index in [4.69, 9.17) is 5.26 Å². The van der Waals surface area contributed by atoms with Gasteiger partial charge in [0.25, 0.3) is 0 Å². The highest BCUT2D eigenvalue weighted by molar-refractivity contribution is 6.09. The zero-order chi connectivity index (χ0) is 12.3. The van der Waals surface area contributed by atoms with E-state index in [0.717, 1.165) is 5.56 Å². The van der Waals surface area contributed by atoms with E-state index in [2.05, 4.69) is 6.07 Å². The summed E-state index contributed by atoms with van der Waals surface area (Å²) in [5, 5.41) is 8.77. The molecular weight excluding hydrogens is 210 g/mol. The van der Waals surface area contributed by atoms with Gasteiger partial charge in [-0.15, -0.1) is 0 Å². The minimum Gasteiger partial charge on any atom is -0.289 e. The van der Waals surface area contributed by atoms with Gasteiger partial charge in [-0.1, -0.05) is 30.3 Å². The molecule has 0 aliphatic carbocycles. The Labute approximate surface area is 100 Å². The Hall–Kier alpha value is -2.40. The quantitative estimate of drug-likeness (QED) is 0.731. The second kappa shape index (κ2) is 4.63. The zero-order valence-corrected chi connectivity index (χ0v) is 9.47. The summed E-state index contributed by atoms with van der Waals surface area (Å²) in [6, 6.07) is 16.3. The van der Waals surface area contributed by atoms with Crippen molar-refractivity contribution in [3.8, 4) is 6.07 Å². The van der Waals surface area contributed by atoms with E-state index >= 15 is 0 Å². The van der Waals surface area contributed by atoms with Crippen molar-refractivity contribution in [2.24, 2.45) is 0 Å². The van der Waals surface area contributed by atoms with Gasteiger partial charge in [0.05, 0.1) is 11.6 Å². The fourth-order valence-corrected chi connectivity index (χ4v) is 1.73. The van der Waals surface area contributed by atoms with Gasteiger partial charge in [0.1, 0.15) is 0 Å². The van der Waals surface area contributed by atoms with Crippen LogP contribution in [0.5, 0.6) is 0 Å². The maximum absolute atomic E-state index is 12.2. The number of nitriles is 1. The zero-order valence-electron chi connectivity index (χ0n) is 9.47. The van der Waals surface area contributed by atoms with E-state index in [1.807, 2.05) is 25.1 Å². The molecule has 0 unspecified atom stereocenters. The molecule has 0 fully saturated rings. The lowest BCUT2D eigenvalue weighted by Crippen LogP contribution is -2.03. The summed E-state index contributed by atoms with van der Waals surface area (Å²) in [6.07, 6.45) is 0. The van der Waals surface area contributed by atoms with Gasteiger partial charge < -0.3 is 0 Å². The normalized spacial score (nSPS) is 9.65. The number of ketones is 1. The molecular formula is C15H11NO. The Morgan fingerprint density at radius 1 is 1.12 bits per heavy atom. The van der Waals surface area contributed by atoms with Crippen molar-refractivity contribution in [3.63, 3.8) is 0 Å². The first-order valence-electron chi connectivity index (χ1n) is 5.33. The van der Waals surface area contributed by atoms with Crippen molar-refractivity contribution >= 4 is 5.78 Å². The van der Waals surface area contributed by atoms with Gasteiger partial charge in [-0.05, 0) is 30.7 Å². The Balaban J connectivity index is 2.43. The number of carbonyl (C=O) groups excluding carboxylic acids is 1. The maximum Gasteiger partial charge on any atom is 0.193 e. The molecule has 2 aromatic carbocycles. The highest BCUT2D eigenvalue weighted by Gasteiger charge is 2.11. The summed E-state index contributed by atoms with van der Waals surface area (Å²) >= 11 is 0. The summed E-state index contributed by atoms with van der Waals surface area (Å²) in [7, 11) is 0. The molecule has 2 heteroatoms. The van der Waals surface area contributed by atoms with Crippen LogP contribution in [0.15, 0.2) is 48.5 Å². The predicted octanol–water partition coefficient (Wildman–Crippen LogP) is 3.10. The maximum atomic E-state index is 12.2. The highest BCUT2D eigenvalue weighted by Crippen LogP contribution is 2.15. The second-order valence-corrected chi connectivity index (χ2v) is 3.84. The molecule has 0 saturated heterocycles. The molecule has 0 saturated carbocycles. The lowest BCUT2D eigenvalue weighted by molar-refractivity contribution is 0.103. The van der Waals surface area contributed by atoms with Crippen LogP contribution in [-0.2, 0) is 0 Å². The number of aryl methyl sites for hydroxylation is 1. The van der Waals surface area contributed by atoms with Gasteiger partial charge >= 0.3 is 0 Å². The van der Waals surface area contributed by atoms with E-state index in [0.29, 0.717) is 16.7 Å². The van der Waals surface area contributed by atoms with Gasteiger partial charge in [0.2, 0.25) is 0 Å². The van der Waals surface area contributed by atoms with Crippen LogP contribution in [0, 0.1) is 18.3 Å². The van der Waals surface area contributed by atoms with E-state index < -0.39 is 0 Å². The Bertz CT molecular complexity index is 594.